The van der Waals surface area contributed by atoms with Gasteiger partial charge in [0.1, 0.15) is 0 Å². The van der Waals surface area contributed by atoms with Crippen LogP contribution in [0.2, 0.25) is 0 Å². The molecule has 0 aliphatic carbocycles. The van der Waals surface area contributed by atoms with Crippen LogP contribution >= 0.6 is 0 Å². The average Bonchev–Trinajstić information content (AvgIpc) is 2.40. The normalized spacial score (nSPS) is 26.3. The second kappa shape index (κ2) is 7.46. The molecule has 1 unspecified atom stereocenters. The Kier molecular flexibility index (Phi) is 5.93. The van der Waals surface area contributed by atoms with Gasteiger partial charge in [-0.3, -0.25) is 0 Å². The van der Waals surface area contributed by atoms with E-state index in [9.17, 15) is 0 Å². The number of nitrogens with zero attached hydrogens (tertiary/aromatic N) is 2. The minimum Gasteiger partial charge on any atom is -0.328 e. The summed E-state index contributed by atoms with van der Waals surface area (Å²) < 4.78 is 0. The molecule has 2 rings (SSSR count). The van der Waals surface area contributed by atoms with Gasteiger partial charge < -0.3 is 15.5 Å². The Morgan fingerprint density at radius 3 is 2.33 bits per heavy atom. The van der Waals surface area contributed by atoms with Gasteiger partial charge in [0.25, 0.3) is 0 Å². The third kappa shape index (κ3) is 4.52. The highest BCUT2D eigenvalue weighted by Crippen LogP contribution is 2.20. The van der Waals surface area contributed by atoms with Crippen LogP contribution < -0.4 is 5.73 Å². The van der Waals surface area contributed by atoms with E-state index in [4.69, 9.17) is 5.73 Å². The molecule has 2 fully saturated rings. The summed E-state index contributed by atoms with van der Waals surface area (Å²) in [5.74, 6) is 0. The maximum absolute atomic E-state index is 5.80. The largest absolute Gasteiger partial charge is 0.328 e. The fourth-order valence-electron chi connectivity index (χ4n) is 3.43. The summed E-state index contributed by atoms with van der Waals surface area (Å²) in [6.07, 6.45) is 9.52. The van der Waals surface area contributed by atoms with E-state index in [1.807, 2.05) is 0 Å². The van der Waals surface area contributed by atoms with Gasteiger partial charge in [-0.25, -0.2) is 0 Å². The molecule has 0 bridgehead atoms. The van der Waals surface area contributed by atoms with Crippen LogP contribution in [-0.4, -0.2) is 54.6 Å². The molecule has 2 aliphatic heterocycles. The van der Waals surface area contributed by atoms with Crippen molar-refractivity contribution in [2.75, 3.05) is 32.7 Å². The zero-order valence-corrected chi connectivity index (χ0v) is 12.1. The van der Waals surface area contributed by atoms with Crippen LogP contribution in [0.1, 0.15) is 51.9 Å². The van der Waals surface area contributed by atoms with E-state index < -0.39 is 0 Å². The molecule has 2 saturated heterocycles. The minimum absolute atomic E-state index is 0.371. The van der Waals surface area contributed by atoms with E-state index in [-0.39, 0.29) is 0 Å². The number of hydrogen-bond acceptors (Lipinski definition) is 3. The molecular formula is C15H31N3. The van der Waals surface area contributed by atoms with Crippen LogP contribution in [0.25, 0.3) is 0 Å². The Balaban J connectivity index is 1.61. The zero-order chi connectivity index (χ0) is 12.8. The summed E-state index contributed by atoms with van der Waals surface area (Å²) in [4.78, 5) is 5.39. The Morgan fingerprint density at radius 1 is 1.06 bits per heavy atom. The molecule has 18 heavy (non-hydrogen) atoms. The van der Waals surface area contributed by atoms with Gasteiger partial charge in [0.15, 0.2) is 0 Å². The van der Waals surface area contributed by atoms with Crippen LogP contribution in [0.5, 0.6) is 0 Å². The van der Waals surface area contributed by atoms with Crippen molar-refractivity contribution in [2.24, 2.45) is 5.73 Å². The highest BCUT2D eigenvalue weighted by atomic mass is 15.2. The van der Waals surface area contributed by atoms with Gasteiger partial charge in [0.2, 0.25) is 0 Å². The molecule has 0 aromatic carbocycles. The summed E-state index contributed by atoms with van der Waals surface area (Å²) in [7, 11) is 0. The van der Waals surface area contributed by atoms with Crippen molar-refractivity contribution in [1.29, 1.82) is 0 Å². The van der Waals surface area contributed by atoms with E-state index in [0.29, 0.717) is 6.04 Å². The van der Waals surface area contributed by atoms with Gasteiger partial charge in [0, 0.05) is 12.1 Å². The van der Waals surface area contributed by atoms with Gasteiger partial charge >= 0.3 is 0 Å². The molecule has 0 aromatic rings. The quantitative estimate of drug-likeness (QED) is 0.814. The third-order valence-corrected chi connectivity index (χ3v) is 4.60. The van der Waals surface area contributed by atoms with E-state index in [0.717, 1.165) is 6.04 Å². The van der Waals surface area contributed by atoms with Gasteiger partial charge in [-0.2, -0.15) is 0 Å². The summed E-state index contributed by atoms with van der Waals surface area (Å²) >= 11 is 0. The smallest absolute Gasteiger partial charge is 0.0120 e. The maximum atomic E-state index is 5.80. The predicted octanol–water partition coefficient (Wildman–Crippen LogP) is 2.06. The van der Waals surface area contributed by atoms with Gasteiger partial charge in [-0.1, -0.05) is 6.42 Å². The summed E-state index contributed by atoms with van der Waals surface area (Å²) in [5.41, 5.74) is 5.80. The Hall–Kier alpha value is -0.120. The van der Waals surface area contributed by atoms with Gasteiger partial charge in [0.05, 0.1) is 0 Å². The molecule has 3 nitrogen and oxygen atoms in total. The van der Waals surface area contributed by atoms with Crippen molar-refractivity contribution < 1.29 is 0 Å². The SMILES string of the molecule is CC(N)CCCN1CCC(N2CCCCC2)CC1. The van der Waals surface area contributed by atoms with Crippen LogP contribution in [0, 0.1) is 0 Å². The molecule has 0 saturated carbocycles. The molecule has 0 spiro atoms. The first-order chi connectivity index (χ1) is 8.75. The van der Waals surface area contributed by atoms with Crippen molar-refractivity contribution in [3.8, 4) is 0 Å². The molecule has 106 valence electrons. The highest BCUT2D eigenvalue weighted by molar-refractivity contribution is 4.81. The second-order valence-corrected chi connectivity index (χ2v) is 6.29. The van der Waals surface area contributed by atoms with E-state index in [2.05, 4.69) is 16.7 Å². The molecule has 3 heteroatoms. The monoisotopic (exact) mass is 253 g/mol. The lowest BCUT2D eigenvalue weighted by Gasteiger charge is -2.40. The van der Waals surface area contributed by atoms with Crippen LogP contribution in [0.3, 0.4) is 0 Å². The van der Waals surface area contributed by atoms with Crippen LogP contribution in [-0.2, 0) is 0 Å². The molecular weight excluding hydrogens is 222 g/mol. The molecule has 2 N–H and O–H groups in total. The Bertz CT molecular complexity index is 216. The first-order valence-corrected chi connectivity index (χ1v) is 7.97. The van der Waals surface area contributed by atoms with E-state index in [1.54, 1.807) is 0 Å². The van der Waals surface area contributed by atoms with Crippen molar-refractivity contribution >= 4 is 0 Å². The lowest BCUT2D eigenvalue weighted by atomic mass is 9.99. The fraction of sp³-hybridized carbons (Fsp3) is 1.00. The number of nitrogens with two attached hydrogens (primary N) is 1. The number of likely N-dealkylation sites (tertiary alicyclic amines) is 2. The molecule has 0 aromatic heterocycles. The Morgan fingerprint density at radius 2 is 1.72 bits per heavy atom. The minimum atomic E-state index is 0.371. The number of rotatable bonds is 5. The maximum Gasteiger partial charge on any atom is 0.0120 e. The lowest BCUT2D eigenvalue weighted by Crippen LogP contribution is -2.46. The summed E-state index contributed by atoms with van der Waals surface area (Å²) in [6.45, 7) is 8.70. The second-order valence-electron chi connectivity index (χ2n) is 6.29. The van der Waals surface area contributed by atoms with Crippen molar-refractivity contribution in [2.45, 2.75) is 64.0 Å². The Labute approximate surface area is 113 Å². The van der Waals surface area contributed by atoms with Crippen LogP contribution in [0.4, 0.5) is 0 Å². The van der Waals surface area contributed by atoms with Crippen molar-refractivity contribution in [3.63, 3.8) is 0 Å². The first-order valence-electron chi connectivity index (χ1n) is 7.97. The van der Waals surface area contributed by atoms with Crippen molar-refractivity contribution in [1.82, 2.24) is 9.80 Å². The van der Waals surface area contributed by atoms with Gasteiger partial charge in [-0.15, -0.1) is 0 Å². The van der Waals surface area contributed by atoms with Crippen molar-refractivity contribution in [3.05, 3.63) is 0 Å². The number of hydrogen-bond donors (Lipinski definition) is 1. The topological polar surface area (TPSA) is 32.5 Å². The molecule has 2 aliphatic rings. The standard InChI is InChI=1S/C15H31N3/c1-14(16)6-5-9-17-12-7-15(8-13-17)18-10-3-2-4-11-18/h14-15H,2-13,16H2,1H3. The first kappa shape index (κ1) is 14.3. The fourth-order valence-corrected chi connectivity index (χ4v) is 3.43. The highest BCUT2D eigenvalue weighted by Gasteiger charge is 2.25. The van der Waals surface area contributed by atoms with E-state index in [1.165, 1.54) is 77.7 Å². The molecule has 2 heterocycles. The van der Waals surface area contributed by atoms with Crippen LogP contribution in [0.15, 0.2) is 0 Å². The molecule has 0 radical (unpaired) electrons. The summed E-state index contributed by atoms with van der Waals surface area (Å²) in [6, 6.07) is 1.26. The van der Waals surface area contributed by atoms with Gasteiger partial charge in [-0.05, 0) is 78.2 Å². The third-order valence-electron chi connectivity index (χ3n) is 4.60. The average molecular weight is 253 g/mol. The zero-order valence-electron chi connectivity index (χ0n) is 12.1. The lowest BCUT2D eigenvalue weighted by molar-refractivity contribution is 0.0917. The van der Waals surface area contributed by atoms with E-state index >= 15 is 0 Å². The number of piperidine rings is 2. The predicted molar refractivity (Wildman–Crippen MR) is 77.8 cm³/mol. The molecule has 0 amide bonds. The molecule has 1 atom stereocenters. The summed E-state index contributed by atoms with van der Waals surface area (Å²) in [5, 5.41) is 0.